The van der Waals surface area contributed by atoms with Crippen molar-refractivity contribution in [2.75, 3.05) is 6.54 Å². The second kappa shape index (κ2) is 6.61. The molecule has 1 amide bonds. The first-order valence-electron chi connectivity index (χ1n) is 7.30. The van der Waals surface area contributed by atoms with Crippen LogP contribution in [0, 0.1) is 5.41 Å². The Kier molecular flexibility index (Phi) is 4.83. The first kappa shape index (κ1) is 15.4. The van der Waals surface area contributed by atoms with Crippen LogP contribution in [-0.4, -0.2) is 28.6 Å². The van der Waals surface area contributed by atoms with Gasteiger partial charge in [0.25, 0.3) is 0 Å². The molecule has 1 aliphatic carbocycles. The van der Waals surface area contributed by atoms with Crippen molar-refractivity contribution < 1.29 is 19.8 Å². The Labute approximate surface area is 124 Å². The van der Waals surface area contributed by atoms with Gasteiger partial charge in [-0.15, -0.1) is 0 Å². The Morgan fingerprint density at radius 3 is 2.43 bits per heavy atom. The maximum absolute atomic E-state index is 12.0. The molecule has 2 rings (SSSR count). The summed E-state index contributed by atoms with van der Waals surface area (Å²) < 4.78 is 0. The van der Waals surface area contributed by atoms with E-state index in [4.69, 9.17) is 0 Å². The van der Waals surface area contributed by atoms with Crippen LogP contribution in [0.4, 0.5) is 0 Å². The summed E-state index contributed by atoms with van der Waals surface area (Å²) in [4.78, 5) is 23.5. The fourth-order valence-corrected chi connectivity index (χ4v) is 2.86. The topological polar surface area (TPSA) is 86.6 Å². The van der Waals surface area contributed by atoms with Crippen molar-refractivity contribution >= 4 is 11.9 Å². The molecule has 1 aromatic rings. The van der Waals surface area contributed by atoms with E-state index in [1.54, 1.807) is 18.2 Å². The molecule has 5 nitrogen and oxygen atoms in total. The van der Waals surface area contributed by atoms with Gasteiger partial charge in [-0.25, -0.2) is 0 Å². The number of carboxylic acids is 1. The first-order valence-corrected chi connectivity index (χ1v) is 7.30. The average Bonchev–Trinajstić information content (AvgIpc) is 2.48. The molecule has 0 radical (unpaired) electrons. The van der Waals surface area contributed by atoms with Crippen LogP contribution in [0.15, 0.2) is 24.3 Å². The van der Waals surface area contributed by atoms with Gasteiger partial charge in [0.2, 0.25) is 5.91 Å². The predicted octanol–water partition coefficient (Wildman–Crippen LogP) is 2.09. The smallest absolute Gasteiger partial charge is 0.311 e. The number of phenols is 1. The summed E-state index contributed by atoms with van der Waals surface area (Å²) in [5.74, 6) is -1.01. The molecule has 0 bridgehead atoms. The van der Waals surface area contributed by atoms with Crippen LogP contribution in [-0.2, 0) is 16.0 Å². The van der Waals surface area contributed by atoms with E-state index in [2.05, 4.69) is 5.32 Å². The lowest BCUT2D eigenvalue weighted by Gasteiger charge is -2.33. The summed E-state index contributed by atoms with van der Waals surface area (Å²) in [5, 5.41) is 21.8. The Bertz CT molecular complexity index is 521. The number of hydrogen-bond acceptors (Lipinski definition) is 3. The summed E-state index contributed by atoms with van der Waals surface area (Å²) in [6.45, 7) is 0.161. The summed E-state index contributed by atoms with van der Waals surface area (Å²) in [6.07, 6.45) is 4.12. The molecule has 0 unspecified atom stereocenters. The van der Waals surface area contributed by atoms with Crippen LogP contribution in [0.25, 0.3) is 0 Å². The molecule has 5 heteroatoms. The van der Waals surface area contributed by atoms with Crippen LogP contribution in [0.3, 0.4) is 0 Å². The van der Waals surface area contributed by atoms with E-state index >= 15 is 0 Å². The minimum atomic E-state index is -0.829. The van der Waals surface area contributed by atoms with E-state index in [0.29, 0.717) is 18.4 Å². The number of carboxylic acid groups (broad SMARTS) is 1. The average molecular weight is 291 g/mol. The highest BCUT2D eigenvalue weighted by Crippen LogP contribution is 2.36. The number of rotatable bonds is 5. The highest BCUT2D eigenvalue weighted by atomic mass is 16.4. The molecule has 21 heavy (non-hydrogen) atoms. The van der Waals surface area contributed by atoms with Gasteiger partial charge in [0.05, 0.1) is 11.8 Å². The van der Waals surface area contributed by atoms with Gasteiger partial charge < -0.3 is 15.5 Å². The van der Waals surface area contributed by atoms with Crippen molar-refractivity contribution in [3.63, 3.8) is 0 Å². The molecule has 1 saturated carbocycles. The minimum Gasteiger partial charge on any atom is -0.508 e. The molecule has 0 atom stereocenters. The zero-order valence-electron chi connectivity index (χ0n) is 12.0. The third-order valence-electron chi connectivity index (χ3n) is 4.23. The molecule has 1 aromatic carbocycles. The number of hydrogen-bond donors (Lipinski definition) is 3. The molecule has 0 spiro atoms. The summed E-state index contributed by atoms with van der Waals surface area (Å²) in [5.41, 5.74) is -0.282. The SMILES string of the molecule is O=C(Cc1ccccc1O)NCC1(C(=O)O)CCCCC1. The van der Waals surface area contributed by atoms with Crippen LogP contribution in [0.1, 0.15) is 37.7 Å². The number of aromatic hydroxyl groups is 1. The first-order chi connectivity index (χ1) is 10.0. The van der Waals surface area contributed by atoms with E-state index in [1.807, 2.05) is 0 Å². The van der Waals surface area contributed by atoms with Gasteiger partial charge in [0, 0.05) is 12.1 Å². The highest BCUT2D eigenvalue weighted by molar-refractivity contribution is 5.81. The van der Waals surface area contributed by atoms with E-state index in [1.165, 1.54) is 6.07 Å². The molecule has 1 aliphatic rings. The van der Waals surface area contributed by atoms with Gasteiger partial charge >= 0.3 is 5.97 Å². The molecule has 1 fully saturated rings. The number of carbonyl (C=O) groups is 2. The van der Waals surface area contributed by atoms with Crippen molar-refractivity contribution in [2.24, 2.45) is 5.41 Å². The van der Waals surface area contributed by atoms with Crippen LogP contribution >= 0.6 is 0 Å². The van der Waals surface area contributed by atoms with Crippen molar-refractivity contribution in [1.82, 2.24) is 5.32 Å². The van der Waals surface area contributed by atoms with E-state index < -0.39 is 11.4 Å². The number of carbonyl (C=O) groups excluding carboxylic acids is 1. The monoisotopic (exact) mass is 291 g/mol. The van der Waals surface area contributed by atoms with Gasteiger partial charge in [0.1, 0.15) is 5.75 Å². The Morgan fingerprint density at radius 2 is 1.81 bits per heavy atom. The molecule has 0 aliphatic heterocycles. The van der Waals surface area contributed by atoms with Gasteiger partial charge in [-0.3, -0.25) is 9.59 Å². The number of para-hydroxylation sites is 1. The van der Waals surface area contributed by atoms with Gasteiger partial charge in [-0.1, -0.05) is 37.5 Å². The maximum Gasteiger partial charge on any atom is 0.311 e. The molecular formula is C16H21NO4. The highest BCUT2D eigenvalue weighted by Gasteiger charge is 2.39. The normalized spacial score (nSPS) is 17.1. The van der Waals surface area contributed by atoms with E-state index in [0.717, 1.165) is 19.3 Å². The second-order valence-electron chi connectivity index (χ2n) is 5.73. The van der Waals surface area contributed by atoms with Crippen molar-refractivity contribution in [1.29, 1.82) is 0 Å². The summed E-state index contributed by atoms with van der Waals surface area (Å²) in [7, 11) is 0. The largest absolute Gasteiger partial charge is 0.508 e. The fourth-order valence-electron chi connectivity index (χ4n) is 2.86. The lowest BCUT2D eigenvalue weighted by molar-refractivity contribution is -0.151. The minimum absolute atomic E-state index is 0.0579. The van der Waals surface area contributed by atoms with Crippen LogP contribution < -0.4 is 5.32 Å². The number of nitrogens with one attached hydrogen (secondary N) is 1. The lowest BCUT2D eigenvalue weighted by Crippen LogP contribution is -2.44. The van der Waals surface area contributed by atoms with Gasteiger partial charge in [-0.2, -0.15) is 0 Å². The van der Waals surface area contributed by atoms with E-state index in [9.17, 15) is 19.8 Å². The number of benzene rings is 1. The van der Waals surface area contributed by atoms with Crippen molar-refractivity contribution in [3.05, 3.63) is 29.8 Å². The Hall–Kier alpha value is -2.04. The zero-order chi connectivity index (χ0) is 15.3. The van der Waals surface area contributed by atoms with Crippen molar-refractivity contribution in [3.8, 4) is 5.75 Å². The quantitative estimate of drug-likeness (QED) is 0.775. The third-order valence-corrected chi connectivity index (χ3v) is 4.23. The van der Waals surface area contributed by atoms with Crippen LogP contribution in [0.5, 0.6) is 5.75 Å². The van der Waals surface area contributed by atoms with Gasteiger partial charge in [0.15, 0.2) is 0 Å². The number of aliphatic carboxylic acids is 1. The lowest BCUT2D eigenvalue weighted by atomic mass is 9.74. The Morgan fingerprint density at radius 1 is 1.14 bits per heavy atom. The van der Waals surface area contributed by atoms with Crippen molar-refractivity contribution in [2.45, 2.75) is 38.5 Å². The van der Waals surface area contributed by atoms with E-state index in [-0.39, 0.29) is 24.6 Å². The predicted molar refractivity (Wildman–Crippen MR) is 78.0 cm³/mol. The number of phenolic OH excluding ortho intramolecular Hbond substituents is 1. The maximum atomic E-state index is 12.0. The molecule has 114 valence electrons. The Balaban J connectivity index is 1.93. The second-order valence-corrected chi connectivity index (χ2v) is 5.73. The molecule has 0 heterocycles. The zero-order valence-corrected chi connectivity index (χ0v) is 12.0. The number of amides is 1. The molecule has 0 saturated heterocycles. The van der Waals surface area contributed by atoms with Gasteiger partial charge in [-0.05, 0) is 18.9 Å². The molecular weight excluding hydrogens is 270 g/mol. The molecule has 0 aromatic heterocycles. The summed E-state index contributed by atoms with van der Waals surface area (Å²) in [6, 6.07) is 6.66. The summed E-state index contributed by atoms with van der Waals surface area (Å²) >= 11 is 0. The van der Waals surface area contributed by atoms with Crippen LogP contribution in [0.2, 0.25) is 0 Å². The molecule has 3 N–H and O–H groups in total. The standard InChI is InChI=1S/C16H21NO4/c18-13-7-3-2-6-12(13)10-14(19)17-11-16(15(20)21)8-4-1-5-9-16/h2-3,6-7,18H,1,4-5,8-11H2,(H,17,19)(H,20,21). The fraction of sp³-hybridized carbons (Fsp3) is 0.500. The third kappa shape index (κ3) is 3.74.